The van der Waals surface area contributed by atoms with Crippen molar-refractivity contribution in [1.29, 1.82) is 0 Å². The van der Waals surface area contributed by atoms with Crippen LogP contribution in [0.5, 0.6) is 5.75 Å². The summed E-state index contributed by atoms with van der Waals surface area (Å²) in [6.07, 6.45) is 1.86. The molecule has 0 amide bonds. The predicted octanol–water partition coefficient (Wildman–Crippen LogP) is 4.60. The molecule has 3 rings (SSSR count). The van der Waals surface area contributed by atoms with E-state index in [9.17, 15) is 5.11 Å². The average molecular weight is 322 g/mol. The third kappa shape index (κ3) is 3.85. The molecule has 3 nitrogen and oxygen atoms in total. The lowest BCUT2D eigenvalue weighted by atomic mass is 9.93. The Kier molecular flexibility index (Phi) is 5.00. The second kappa shape index (κ2) is 7.18. The molecule has 1 aliphatic rings. The molecule has 0 bridgehead atoms. The highest BCUT2D eigenvalue weighted by Gasteiger charge is 2.26. The van der Waals surface area contributed by atoms with Crippen LogP contribution in [0, 0.1) is 12.8 Å². The molecular weight excluding hydrogens is 296 g/mol. The molecule has 2 aromatic rings. The van der Waals surface area contributed by atoms with Crippen molar-refractivity contribution >= 4 is 5.71 Å². The van der Waals surface area contributed by atoms with Gasteiger partial charge in [0, 0.05) is 23.7 Å². The molecule has 0 radical (unpaired) electrons. The van der Waals surface area contributed by atoms with Crippen LogP contribution < -0.4 is 5.32 Å². The topological polar surface area (TPSA) is 44.6 Å². The van der Waals surface area contributed by atoms with Crippen LogP contribution in [0.15, 0.2) is 53.5 Å². The SMILES string of the molecule is Cc1ccc(C2=N[C@@H](CC(C)C)N[C@H](c3ccccc3O)C2)cc1. The number of phenols is 1. The molecule has 0 saturated carbocycles. The molecule has 0 aromatic heterocycles. The first-order valence-electron chi connectivity index (χ1n) is 8.70. The van der Waals surface area contributed by atoms with Crippen LogP contribution in [0.3, 0.4) is 0 Å². The van der Waals surface area contributed by atoms with Crippen molar-refractivity contribution in [3.05, 3.63) is 65.2 Å². The maximum atomic E-state index is 10.2. The summed E-state index contributed by atoms with van der Waals surface area (Å²) in [5.74, 6) is 0.914. The Balaban J connectivity index is 1.93. The number of hydrogen-bond acceptors (Lipinski definition) is 3. The van der Waals surface area contributed by atoms with Gasteiger partial charge >= 0.3 is 0 Å². The smallest absolute Gasteiger partial charge is 0.120 e. The summed E-state index contributed by atoms with van der Waals surface area (Å²) < 4.78 is 0. The Morgan fingerprint density at radius 1 is 1.12 bits per heavy atom. The number of rotatable bonds is 4. The van der Waals surface area contributed by atoms with Crippen LogP contribution in [0.4, 0.5) is 0 Å². The van der Waals surface area contributed by atoms with E-state index in [0.717, 1.165) is 24.1 Å². The van der Waals surface area contributed by atoms with E-state index in [-0.39, 0.29) is 12.2 Å². The van der Waals surface area contributed by atoms with Gasteiger partial charge in [0.2, 0.25) is 0 Å². The molecule has 0 unspecified atom stereocenters. The third-order valence-corrected chi connectivity index (χ3v) is 4.49. The largest absolute Gasteiger partial charge is 0.508 e. The van der Waals surface area contributed by atoms with Gasteiger partial charge in [-0.05, 0) is 30.9 Å². The van der Waals surface area contributed by atoms with Crippen molar-refractivity contribution in [3.63, 3.8) is 0 Å². The van der Waals surface area contributed by atoms with Crippen molar-refractivity contribution < 1.29 is 5.11 Å². The molecule has 2 atom stereocenters. The summed E-state index contributed by atoms with van der Waals surface area (Å²) >= 11 is 0. The summed E-state index contributed by atoms with van der Waals surface area (Å²) in [6.45, 7) is 6.53. The Hall–Kier alpha value is -2.13. The number of nitrogens with one attached hydrogen (secondary N) is 1. The van der Waals surface area contributed by atoms with E-state index in [1.807, 2.05) is 18.2 Å². The van der Waals surface area contributed by atoms with Gasteiger partial charge in [-0.25, -0.2) is 0 Å². The van der Waals surface area contributed by atoms with E-state index in [1.54, 1.807) is 6.07 Å². The molecule has 0 aliphatic carbocycles. The molecule has 2 aromatic carbocycles. The fourth-order valence-electron chi connectivity index (χ4n) is 3.25. The van der Waals surface area contributed by atoms with Crippen LogP contribution in [0.25, 0.3) is 0 Å². The summed E-state index contributed by atoms with van der Waals surface area (Å²) in [5, 5.41) is 13.8. The minimum absolute atomic E-state index is 0.0830. The normalized spacial score (nSPS) is 20.9. The van der Waals surface area contributed by atoms with Crippen LogP contribution in [-0.2, 0) is 0 Å². The number of para-hydroxylation sites is 1. The fourth-order valence-corrected chi connectivity index (χ4v) is 3.25. The lowest BCUT2D eigenvalue weighted by molar-refractivity contribution is 0.363. The second-order valence-corrected chi connectivity index (χ2v) is 7.07. The molecule has 0 saturated heterocycles. The second-order valence-electron chi connectivity index (χ2n) is 7.07. The van der Waals surface area contributed by atoms with E-state index in [4.69, 9.17) is 4.99 Å². The van der Waals surface area contributed by atoms with Gasteiger partial charge in [-0.1, -0.05) is 61.9 Å². The maximum Gasteiger partial charge on any atom is 0.120 e. The highest BCUT2D eigenvalue weighted by atomic mass is 16.3. The number of aromatic hydroxyl groups is 1. The van der Waals surface area contributed by atoms with Crippen LogP contribution in [0.2, 0.25) is 0 Å². The standard InChI is InChI=1S/C21H26N2O/c1-14(2)12-21-22-18(16-10-8-15(3)9-11-16)13-19(23-21)17-6-4-5-7-20(17)24/h4-11,14,19,21,23-24H,12-13H2,1-3H3/t19-,21+/m0/s1. The van der Waals surface area contributed by atoms with Gasteiger partial charge in [0.1, 0.15) is 11.9 Å². The monoisotopic (exact) mass is 322 g/mol. The van der Waals surface area contributed by atoms with Crippen LogP contribution in [-0.4, -0.2) is 17.0 Å². The van der Waals surface area contributed by atoms with Gasteiger partial charge in [-0.3, -0.25) is 10.3 Å². The van der Waals surface area contributed by atoms with Crippen LogP contribution in [0.1, 0.15) is 49.4 Å². The molecule has 3 heteroatoms. The molecule has 1 heterocycles. The highest BCUT2D eigenvalue weighted by Crippen LogP contribution is 2.31. The summed E-state index contributed by atoms with van der Waals surface area (Å²) in [6, 6.07) is 16.2. The van der Waals surface area contributed by atoms with Gasteiger partial charge in [0.15, 0.2) is 0 Å². The summed E-state index contributed by atoms with van der Waals surface area (Å²) in [7, 11) is 0. The number of hydrogen-bond donors (Lipinski definition) is 2. The quantitative estimate of drug-likeness (QED) is 0.864. The van der Waals surface area contributed by atoms with Crippen LogP contribution >= 0.6 is 0 Å². The van der Waals surface area contributed by atoms with E-state index >= 15 is 0 Å². The first-order valence-corrected chi connectivity index (χ1v) is 8.70. The molecule has 24 heavy (non-hydrogen) atoms. The number of benzene rings is 2. The Bertz CT molecular complexity index is 719. The van der Waals surface area contributed by atoms with Crippen molar-refractivity contribution in [2.75, 3.05) is 0 Å². The average Bonchev–Trinajstić information content (AvgIpc) is 2.55. The zero-order valence-corrected chi connectivity index (χ0v) is 14.7. The Morgan fingerprint density at radius 2 is 1.83 bits per heavy atom. The van der Waals surface area contributed by atoms with Gasteiger partial charge < -0.3 is 5.11 Å². The van der Waals surface area contributed by atoms with E-state index < -0.39 is 0 Å². The third-order valence-electron chi connectivity index (χ3n) is 4.49. The zero-order valence-electron chi connectivity index (χ0n) is 14.7. The van der Waals surface area contributed by atoms with Gasteiger partial charge in [0.25, 0.3) is 0 Å². The Labute approximate surface area is 144 Å². The minimum atomic E-state index is 0.0830. The van der Waals surface area contributed by atoms with E-state index in [1.165, 1.54) is 11.1 Å². The first kappa shape index (κ1) is 16.7. The predicted molar refractivity (Wildman–Crippen MR) is 99.6 cm³/mol. The van der Waals surface area contributed by atoms with Crippen molar-refractivity contribution in [2.45, 2.75) is 45.8 Å². The van der Waals surface area contributed by atoms with Crippen molar-refractivity contribution in [3.8, 4) is 5.75 Å². The summed E-state index contributed by atoms with van der Waals surface area (Å²) in [4.78, 5) is 4.95. The molecule has 126 valence electrons. The van der Waals surface area contributed by atoms with E-state index in [0.29, 0.717) is 11.7 Å². The minimum Gasteiger partial charge on any atom is -0.508 e. The lowest BCUT2D eigenvalue weighted by Gasteiger charge is -2.31. The van der Waals surface area contributed by atoms with Crippen molar-refractivity contribution in [1.82, 2.24) is 5.32 Å². The van der Waals surface area contributed by atoms with E-state index in [2.05, 4.69) is 50.4 Å². The maximum absolute atomic E-state index is 10.2. The Morgan fingerprint density at radius 3 is 2.50 bits per heavy atom. The molecule has 0 fully saturated rings. The first-order chi connectivity index (χ1) is 11.5. The molecule has 2 N–H and O–H groups in total. The summed E-state index contributed by atoms with van der Waals surface area (Å²) in [5.41, 5.74) is 4.50. The number of nitrogens with zero attached hydrogens (tertiary/aromatic N) is 1. The number of aliphatic imine (C=N–C) groups is 1. The highest BCUT2D eigenvalue weighted by molar-refractivity contribution is 6.01. The molecule has 1 aliphatic heterocycles. The zero-order chi connectivity index (χ0) is 17.1. The molecular formula is C21H26N2O. The number of aryl methyl sites for hydroxylation is 1. The fraction of sp³-hybridized carbons (Fsp3) is 0.381. The van der Waals surface area contributed by atoms with Crippen molar-refractivity contribution in [2.24, 2.45) is 10.9 Å². The number of phenolic OH excluding ortho intramolecular Hbond substituents is 1. The molecule has 0 spiro atoms. The van der Waals surface area contributed by atoms with Gasteiger partial charge in [-0.2, -0.15) is 0 Å². The van der Waals surface area contributed by atoms with Gasteiger partial charge in [-0.15, -0.1) is 0 Å². The lowest BCUT2D eigenvalue weighted by Crippen LogP contribution is -2.39. The van der Waals surface area contributed by atoms with Gasteiger partial charge in [0.05, 0.1) is 0 Å².